The van der Waals surface area contributed by atoms with E-state index in [2.05, 4.69) is 97.5 Å². The van der Waals surface area contributed by atoms with Crippen molar-refractivity contribution in [1.29, 1.82) is 0 Å². The van der Waals surface area contributed by atoms with Crippen molar-refractivity contribution < 1.29 is 0 Å². The number of benzene rings is 3. The van der Waals surface area contributed by atoms with Crippen LogP contribution in [0.5, 0.6) is 0 Å². The van der Waals surface area contributed by atoms with Crippen LogP contribution in [0.4, 0.5) is 11.4 Å². The molecule has 0 radical (unpaired) electrons. The van der Waals surface area contributed by atoms with Gasteiger partial charge in [0.25, 0.3) is 0 Å². The standard InChI is InChI=1S/C50H42Cl2N6S4/c1-47-33(29-7-5-9-31(29)35-21-43(51)61-49(35,47)3)19-41(59-47)45-55-37-23-40-38(24-39(37)57(45)27-15-11-25(53)12-16-27)56-46(58(40)28-17-13-26(54)14-18-28)42-20-34-30-8-6-10-32(30)36-22-44(52)62-50(36,4)48(34,2)60-42/h11-24H,5-10,53-54H2,1-4H3. The zero-order chi connectivity index (χ0) is 42.2. The number of fused-ring (bicyclic) bond motifs is 10. The minimum absolute atomic E-state index is 0.193. The first-order valence-electron chi connectivity index (χ1n) is 21.3. The quantitative estimate of drug-likeness (QED) is 0.172. The van der Waals surface area contributed by atoms with Crippen LogP contribution in [0.25, 0.3) is 43.3 Å². The van der Waals surface area contributed by atoms with Gasteiger partial charge in [-0.2, -0.15) is 0 Å². The number of nitrogen functional groups attached to an aromatic ring is 2. The highest BCUT2D eigenvalue weighted by molar-refractivity contribution is 8.13. The lowest BCUT2D eigenvalue weighted by molar-refractivity contribution is 0.607. The fourth-order valence-corrected chi connectivity index (χ4v) is 18.6. The normalized spacial score (nSPS) is 29.6. The van der Waals surface area contributed by atoms with Gasteiger partial charge in [0.15, 0.2) is 11.6 Å². The van der Waals surface area contributed by atoms with E-state index in [1.165, 1.54) is 57.4 Å². The molecule has 4 aliphatic heterocycles. The summed E-state index contributed by atoms with van der Waals surface area (Å²) in [6, 6.07) is 20.8. The van der Waals surface area contributed by atoms with Crippen LogP contribution in [0.1, 0.15) is 77.9 Å². The molecule has 13 rings (SSSR count). The van der Waals surface area contributed by atoms with Crippen molar-refractivity contribution >= 4 is 114 Å². The maximum atomic E-state index is 6.88. The molecule has 0 spiro atoms. The van der Waals surface area contributed by atoms with Crippen LogP contribution in [0, 0.1) is 0 Å². The molecule has 4 unspecified atom stereocenters. The van der Waals surface area contributed by atoms with E-state index in [1.807, 2.05) is 71.3 Å². The Kier molecular flexibility index (Phi) is 8.01. The third-order valence-corrected chi connectivity index (χ3v) is 21.8. The fraction of sp³-hybridized carbons (Fsp3) is 0.280. The SMILES string of the molecule is CC12SC(Cl)=CC1=C1CCCC1=C1C=C(c3nc4cc5c(cc4n3-c3ccc(N)cc3)nc(C3=CC4=C6CCCC6=C6C=C(Cl)SC6(C)C4(C)S3)n5-c3ccc(N)cc3)SC12C. The Morgan fingerprint density at radius 1 is 0.500 bits per heavy atom. The monoisotopic (exact) mass is 924 g/mol. The largest absolute Gasteiger partial charge is 0.399 e. The highest BCUT2D eigenvalue weighted by Crippen LogP contribution is 2.71. The van der Waals surface area contributed by atoms with Crippen molar-refractivity contribution in [3.63, 3.8) is 0 Å². The summed E-state index contributed by atoms with van der Waals surface area (Å²) < 4.78 is 5.55. The number of nitrogens with zero attached hydrogens (tertiary/aromatic N) is 4. The summed E-state index contributed by atoms with van der Waals surface area (Å²) in [5, 5.41) is 0. The lowest BCUT2D eigenvalue weighted by atomic mass is 9.72. The molecule has 2 fully saturated rings. The molecule has 310 valence electrons. The predicted octanol–water partition coefficient (Wildman–Crippen LogP) is 14.0. The highest BCUT2D eigenvalue weighted by atomic mass is 35.5. The van der Waals surface area contributed by atoms with Gasteiger partial charge in [0.2, 0.25) is 0 Å². The molecule has 0 bridgehead atoms. The Balaban J connectivity index is 1.02. The number of halogens is 2. The Bertz CT molecular complexity index is 3020. The second-order valence-electron chi connectivity index (χ2n) is 18.3. The van der Waals surface area contributed by atoms with Crippen LogP contribution in [0.3, 0.4) is 0 Å². The van der Waals surface area contributed by atoms with Gasteiger partial charge >= 0.3 is 0 Å². The van der Waals surface area contributed by atoms with Crippen molar-refractivity contribution in [2.75, 3.05) is 11.5 Å². The Labute approximate surface area is 387 Å². The molecular weight excluding hydrogens is 884 g/mol. The van der Waals surface area contributed by atoms with E-state index in [4.69, 9.17) is 44.6 Å². The minimum atomic E-state index is -0.225. The Morgan fingerprint density at radius 3 is 1.21 bits per heavy atom. The average Bonchev–Trinajstić information content (AvgIpc) is 4.10. The molecule has 62 heavy (non-hydrogen) atoms. The first kappa shape index (κ1) is 38.5. The van der Waals surface area contributed by atoms with Gasteiger partial charge in [0.1, 0.15) is 0 Å². The smallest absolute Gasteiger partial charge is 0.152 e. The number of aromatic nitrogens is 4. The first-order valence-corrected chi connectivity index (χ1v) is 25.4. The highest BCUT2D eigenvalue weighted by Gasteiger charge is 2.61. The van der Waals surface area contributed by atoms with Gasteiger partial charge in [-0.15, -0.1) is 47.0 Å². The molecule has 4 N–H and O–H groups in total. The van der Waals surface area contributed by atoms with Crippen molar-refractivity contribution in [3.05, 3.63) is 150 Å². The van der Waals surface area contributed by atoms with E-state index in [0.717, 1.165) is 101 Å². The van der Waals surface area contributed by atoms with Crippen LogP contribution in [0.2, 0.25) is 0 Å². The molecule has 12 heteroatoms. The van der Waals surface area contributed by atoms with Crippen LogP contribution in [-0.4, -0.2) is 38.1 Å². The number of hydrogen-bond donors (Lipinski definition) is 2. The van der Waals surface area contributed by atoms with E-state index in [1.54, 1.807) is 0 Å². The Morgan fingerprint density at radius 2 is 0.839 bits per heavy atom. The predicted molar refractivity (Wildman–Crippen MR) is 268 cm³/mol. The van der Waals surface area contributed by atoms with E-state index in [-0.39, 0.29) is 19.0 Å². The van der Waals surface area contributed by atoms with Crippen LogP contribution < -0.4 is 11.5 Å². The van der Waals surface area contributed by atoms with Crippen molar-refractivity contribution in [2.24, 2.45) is 0 Å². The van der Waals surface area contributed by atoms with Crippen molar-refractivity contribution in [2.45, 2.75) is 85.2 Å². The Hall–Kier alpha value is -3.90. The average molecular weight is 926 g/mol. The van der Waals surface area contributed by atoms with Crippen LogP contribution in [0.15, 0.2) is 138 Å². The van der Waals surface area contributed by atoms with Gasteiger partial charge in [-0.3, -0.25) is 9.13 Å². The van der Waals surface area contributed by atoms with Gasteiger partial charge in [-0.25, -0.2) is 9.97 Å². The molecular formula is C50H42Cl2N6S4. The third kappa shape index (κ3) is 4.92. The fourth-order valence-electron chi connectivity index (χ4n) is 11.8. The zero-order valence-electron chi connectivity index (χ0n) is 34.7. The molecule has 3 aromatic carbocycles. The lowest BCUT2D eigenvalue weighted by Crippen LogP contribution is -2.47. The van der Waals surface area contributed by atoms with Crippen molar-refractivity contribution in [1.82, 2.24) is 19.1 Å². The molecule has 0 saturated heterocycles. The second kappa shape index (κ2) is 12.9. The second-order valence-corrected chi connectivity index (χ2v) is 25.4. The number of hydrogen-bond acceptors (Lipinski definition) is 8. The summed E-state index contributed by atoms with van der Waals surface area (Å²) >= 11 is 21.3. The number of imidazole rings is 2. The van der Waals surface area contributed by atoms with Gasteiger partial charge in [0, 0.05) is 22.7 Å². The molecule has 8 aliphatic rings. The molecule has 0 amide bonds. The van der Waals surface area contributed by atoms with Crippen molar-refractivity contribution in [3.8, 4) is 11.4 Å². The summed E-state index contributed by atoms with van der Waals surface area (Å²) in [6.45, 7) is 9.63. The van der Waals surface area contributed by atoms with E-state index < -0.39 is 0 Å². The molecule has 4 aliphatic carbocycles. The maximum absolute atomic E-state index is 6.88. The third-order valence-electron chi connectivity index (χ3n) is 15.1. The topological polar surface area (TPSA) is 87.7 Å². The lowest BCUT2D eigenvalue weighted by Gasteiger charge is -2.46. The number of thioether (sulfide) groups is 4. The molecule has 2 saturated carbocycles. The summed E-state index contributed by atoms with van der Waals surface area (Å²) in [6.07, 6.45) is 16.1. The van der Waals surface area contributed by atoms with Crippen LogP contribution >= 0.6 is 70.2 Å². The number of rotatable bonds is 4. The van der Waals surface area contributed by atoms with Gasteiger partial charge in [-0.05, 0) is 196 Å². The number of allylic oxidation sites excluding steroid dienone is 8. The summed E-state index contributed by atoms with van der Waals surface area (Å²) in [5.41, 5.74) is 31.5. The molecule has 6 nitrogen and oxygen atoms in total. The molecule has 2 aromatic heterocycles. The van der Waals surface area contributed by atoms with Gasteiger partial charge in [-0.1, -0.05) is 23.2 Å². The first-order chi connectivity index (χ1) is 29.8. The van der Waals surface area contributed by atoms with Crippen LogP contribution in [-0.2, 0) is 0 Å². The minimum Gasteiger partial charge on any atom is -0.399 e. The summed E-state index contributed by atoms with van der Waals surface area (Å²) in [7, 11) is 0. The van der Waals surface area contributed by atoms with Gasteiger partial charge in [0.05, 0.1) is 59.6 Å². The van der Waals surface area contributed by atoms with E-state index in [9.17, 15) is 0 Å². The zero-order valence-corrected chi connectivity index (χ0v) is 39.4. The number of anilines is 2. The van der Waals surface area contributed by atoms with E-state index in [0.29, 0.717) is 0 Å². The molecule has 5 aromatic rings. The number of nitrogens with two attached hydrogens (primary N) is 2. The molecule has 4 atom stereocenters. The van der Waals surface area contributed by atoms with E-state index >= 15 is 0 Å². The van der Waals surface area contributed by atoms with Gasteiger partial charge < -0.3 is 11.5 Å². The summed E-state index contributed by atoms with van der Waals surface area (Å²) in [4.78, 5) is 13.5. The summed E-state index contributed by atoms with van der Waals surface area (Å²) in [5.74, 6) is 1.84. The molecule has 6 heterocycles. The maximum Gasteiger partial charge on any atom is 0.152 e.